The minimum absolute atomic E-state index is 0.0196. The standard InChI is InChI=1S/C19H14ClF2N7O3S/c1-11-9-15(19(20,21)22)29-16(25-11)10-14(27-29)17(30)26-12-3-5-13(6-4-12)33(31,32)28-18-23-7-2-8-24-18/h2-10H,1H3,(H,26,30)(H,23,24,28). The third-order valence-electron chi connectivity index (χ3n) is 4.29. The van der Waals surface area contributed by atoms with Gasteiger partial charge in [0, 0.05) is 29.8 Å². The molecule has 0 atom stereocenters. The summed E-state index contributed by atoms with van der Waals surface area (Å²) >= 11 is 5.15. The Balaban J connectivity index is 1.54. The van der Waals surface area contributed by atoms with E-state index >= 15 is 0 Å². The van der Waals surface area contributed by atoms with Gasteiger partial charge in [-0.3, -0.25) is 4.79 Å². The number of fused-ring (bicyclic) bond motifs is 1. The van der Waals surface area contributed by atoms with Crippen molar-refractivity contribution in [2.45, 2.75) is 17.2 Å². The summed E-state index contributed by atoms with van der Waals surface area (Å²) in [5.74, 6) is -0.805. The quantitative estimate of drug-likeness (QED) is 0.394. The second kappa shape index (κ2) is 8.33. The largest absolute Gasteiger partial charge is 0.364 e. The number of rotatable bonds is 6. The Labute approximate surface area is 190 Å². The third-order valence-corrected chi connectivity index (χ3v) is 5.83. The highest BCUT2D eigenvalue weighted by Gasteiger charge is 2.32. The molecule has 2 N–H and O–H groups in total. The van der Waals surface area contributed by atoms with Crippen molar-refractivity contribution in [1.29, 1.82) is 0 Å². The van der Waals surface area contributed by atoms with E-state index in [-0.39, 0.29) is 33.6 Å². The van der Waals surface area contributed by atoms with Crippen molar-refractivity contribution in [3.8, 4) is 0 Å². The van der Waals surface area contributed by atoms with E-state index in [0.717, 1.165) is 10.6 Å². The van der Waals surface area contributed by atoms with Crippen LogP contribution in [-0.2, 0) is 15.4 Å². The second-order valence-electron chi connectivity index (χ2n) is 6.74. The summed E-state index contributed by atoms with van der Waals surface area (Å²) in [6, 6.07) is 9.09. The number of halogens is 3. The smallest absolute Gasteiger partial charge is 0.321 e. The maximum Gasteiger partial charge on any atom is 0.364 e. The van der Waals surface area contributed by atoms with Gasteiger partial charge in [0.1, 0.15) is 5.69 Å². The van der Waals surface area contributed by atoms with Gasteiger partial charge in [-0.25, -0.2) is 32.6 Å². The summed E-state index contributed by atoms with van der Waals surface area (Å²) in [7, 11) is -3.95. The number of amides is 1. The molecule has 14 heteroatoms. The van der Waals surface area contributed by atoms with Crippen molar-refractivity contribution in [3.05, 3.63) is 71.9 Å². The Kier molecular flexibility index (Phi) is 5.68. The van der Waals surface area contributed by atoms with Crippen molar-refractivity contribution >= 4 is 44.8 Å². The van der Waals surface area contributed by atoms with Crippen molar-refractivity contribution < 1.29 is 22.0 Å². The number of nitrogens with one attached hydrogen (secondary N) is 2. The van der Waals surface area contributed by atoms with Crippen LogP contribution in [0.25, 0.3) is 5.65 Å². The summed E-state index contributed by atoms with van der Waals surface area (Å²) in [6.07, 6.45) is 2.77. The SMILES string of the molecule is Cc1cc(C(F)(F)Cl)n2nc(C(=O)Nc3ccc(S(=O)(=O)Nc4ncccn4)cc3)cc2n1. The van der Waals surface area contributed by atoms with E-state index in [0.29, 0.717) is 0 Å². The Morgan fingerprint density at radius 2 is 1.79 bits per heavy atom. The van der Waals surface area contributed by atoms with Crippen LogP contribution in [-0.4, -0.2) is 38.9 Å². The summed E-state index contributed by atoms with van der Waals surface area (Å²) in [5, 5.41) is 2.68. The molecular formula is C19H14ClF2N7O3S. The molecule has 170 valence electrons. The van der Waals surface area contributed by atoms with E-state index in [1.807, 2.05) is 0 Å². The summed E-state index contributed by atoms with van der Waals surface area (Å²) in [5.41, 5.74) is -0.272. The fourth-order valence-electron chi connectivity index (χ4n) is 2.86. The van der Waals surface area contributed by atoms with Gasteiger partial charge in [0.05, 0.1) is 4.90 Å². The molecule has 0 saturated carbocycles. The third kappa shape index (κ3) is 4.88. The number of nitrogens with zero attached hydrogens (tertiary/aromatic N) is 5. The average molecular weight is 494 g/mol. The van der Waals surface area contributed by atoms with Gasteiger partial charge in [0.15, 0.2) is 11.3 Å². The van der Waals surface area contributed by atoms with Gasteiger partial charge < -0.3 is 5.32 Å². The first kappa shape index (κ1) is 22.5. The monoisotopic (exact) mass is 493 g/mol. The van der Waals surface area contributed by atoms with E-state index < -0.39 is 27.0 Å². The van der Waals surface area contributed by atoms with Crippen LogP contribution in [0.4, 0.5) is 20.4 Å². The lowest BCUT2D eigenvalue weighted by Crippen LogP contribution is -2.16. The van der Waals surface area contributed by atoms with Crippen molar-refractivity contribution in [2.24, 2.45) is 0 Å². The normalized spacial score (nSPS) is 12.0. The fourth-order valence-corrected chi connectivity index (χ4v) is 3.95. The second-order valence-corrected chi connectivity index (χ2v) is 8.89. The fraction of sp³-hybridized carbons (Fsp3) is 0.105. The first-order valence-electron chi connectivity index (χ1n) is 9.19. The summed E-state index contributed by atoms with van der Waals surface area (Å²) in [6.45, 7) is 1.51. The van der Waals surface area contributed by atoms with Crippen molar-refractivity contribution in [2.75, 3.05) is 10.0 Å². The summed E-state index contributed by atoms with van der Waals surface area (Å²) in [4.78, 5) is 24.2. The zero-order valence-electron chi connectivity index (χ0n) is 16.7. The highest BCUT2D eigenvalue weighted by atomic mass is 35.5. The number of carbonyl (C=O) groups excluding carboxylic acids is 1. The zero-order chi connectivity index (χ0) is 23.8. The number of carbonyl (C=O) groups is 1. The summed E-state index contributed by atoms with van der Waals surface area (Å²) < 4.78 is 55.3. The molecule has 0 fully saturated rings. The first-order valence-corrected chi connectivity index (χ1v) is 11.0. The van der Waals surface area contributed by atoms with Crippen LogP contribution >= 0.6 is 11.6 Å². The Morgan fingerprint density at radius 3 is 2.42 bits per heavy atom. The van der Waals surface area contributed by atoms with Gasteiger partial charge in [-0.2, -0.15) is 13.9 Å². The first-order chi connectivity index (χ1) is 15.5. The number of aromatic nitrogens is 5. The Hall–Kier alpha value is -3.71. The lowest BCUT2D eigenvalue weighted by atomic mass is 10.3. The van der Waals surface area contributed by atoms with Crippen LogP contribution in [0.1, 0.15) is 21.9 Å². The molecule has 1 aromatic carbocycles. The van der Waals surface area contributed by atoms with Crippen LogP contribution in [0.3, 0.4) is 0 Å². The molecule has 1 amide bonds. The van der Waals surface area contributed by atoms with Gasteiger partial charge in [-0.1, -0.05) is 0 Å². The molecule has 33 heavy (non-hydrogen) atoms. The Bertz CT molecular complexity index is 1440. The van der Waals surface area contributed by atoms with Crippen LogP contribution in [0.5, 0.6) is 0 Å². The van der Waals surface area contributed by atoms with Gasteiger partial charge >= 0.3 is 5.38 Å². The minimum Gasteiger partial charge on any atom is -0.321 e. The number of sulfonamides is 1. The zero-order valence-corrected chi connectivity index (χ0v) is 18.3. The maximum absolute atomic E-state index is 13.7. The van der Waals surface area contributed by atoms with Gasteiger partial charge in [-0.15, -0.1) is 0 Å². The highest BCUT2D eigenvalue weighted by Crippen LogP contribution is 2.32. The molecule has 0 unspecified atom stereocenters. The van der Waals surface area contributed by atoms with E-state index in [9.17, 15) is 22.0 Å². The molecular weight excluding hydrogens is 480 g/mol. The van der Waals surface area contributed by atoms with Crippen LogP contribution in [0.15, 0.2) is 59.8 Å². The molecule has 4 rings (SSSR count). The Morgan fingerprint density at radius 1 is 1.12 bits per heavy atom. The van der Waals surface area contributed by atoms with Crippen molar-refractivity contribution in [1.82, 2.24) is 24.6 Å². The molecule has 10 nitrogen and oxygen atoms in total. The predicted octanol–water partition coefficient (Wildman–Crippen LogP) is 3.17. The average Bonchev–Trinajstić information content (AvgIpc) is 3.17. The molecule has 0 aliphatic carbocycles. The van der Waals surface area contributed by atoms with E-state index in [4.69, 9.17) is 11.6 Å². The molecule has 0 bridgehead atoms. The minimum atomic E-state index is -3.95. The maximum atomic E-state index is 13.7. The lowest BCUT2D eigenvalue weighted by Gasteiger charge is -2.10. The number of hydrogen-bond donors (Lipinski definition) is 2. The van der Waals surface area contributed by atoms with E-state index in [1.54, 1.807) is 0 Å². The van der Waals surface area contributed by atoms with E-state index in [1.165, 1.54) is 55.7 Å². The molecule has 0 saturated heterocycles. The van der Waals surface area contributed by atoms with Crippen LogP contribution in [0, 0.1) is 6.92 Å². The van der Waals surface area contributed by atoms with Crippen molar-refractivity contribution in [3.63, 3.8) is 0 Å². The number of alkyl halides is 3. The molecule has 0 aliphatic heterocycles. The molecule has 0 radical (unpaired) electrons. The highest BCUT2D eigenvalue weighted by molar-refractivity contribution is 7.92. The predicted molar refractivity (Wildman–Crippen MR) is 115 cm³/mol. The molecule has 0 aliphatic rings. The van der Waals surface area contributed by atoms with Crippen LogP contribution in [0.2, 0.25) is 0 Å². The van der Waals surface area contributed by atoms with Gasteiger partial charge in [0.25, 0.3) is 15.9 Å². The number of aryl methyl sites for hydroxylation is 1. The van der Waals surface area contributed by atoms with Gasteiger partial charge in [-0.05, 0) is 54.9 Å². The molecule has 3 aromatic heterocycles. The topological polar surface area (TPSA) is 131 Å². The number of anilines is 2. The number of hydrogen-bond acceptors (Lipinski definition) is 7. The molecule has 4 aromatic rings. The number of benzene rings is 1. The van der Waals surface area contributed by atoms with Crippen LogP contribution < -0.4 is 10.0 Å². The lowest BCUT2D eigenvalue weighted by molar-refractivity contribution is 0.0868. The van der Waals surface area contributed by atoms with Gasteiger partial charge in [0.2, 0.25) is 5.95 Å². The van der Waals surface area contributed by atoms with E-state index in [2.05, 4.69) is 30.1 Å². The molecule has 3 heterocycles. The molecule has 0 spiro atoms.